The van der Waals surface area contributed by atoms with E-state index in [1.807, 2.05) is 12.2 Å². The fraction of sp³-hybridized carbons (Fsp3) is 0.357. The second-order valence-electron chi connectivity index (χ2n) is 4.80. The summed E-state index contributed by atoms with van der Waals surface area (Å²) in [5.41, 5.74) is 0.508. The summed E-state index contributed by atoms with van der Waals surface area (Å²) >= 11 is 0. The molecule has 0 aromatic heterocycles. The van der Waals surface area contributed by atoms with Gasteiger partial charge in [0.25, 0.3) is 0 Å². The third-order valence-electron chi connectivity index (χ3n) is 3.28. The van der Waals surface area contributed by atoms with Gasteiger partial charge in [-0.1, -0.05) is 30.4 Å². The lowest BCUT2D eigenvalue weighted by Gasteiger charge is -2.20. The number of nitrogens with zero attached hydrogens (tertiary/aromatic N) is 1. The Hall–Kier alpha value is -1.82. The summed E-state index contributed by atoms with van der Waals surface area (Å²) in [6.45, 7) is 0. The fourth-order valence-electron chi connectivity index (χ4n) is 2.13. The van der Waals surface area contributed by atoms with Gasteiger partial charge < -0.3 is 0 Å². The number of para-hydroxylation sites is 1. The molecule has 0 saturated carbocycles. The number of benzene rings is 1. The first-order valence-electron chi connectivity index (χ1n) is 6.50. The number of carbonyl (C=O) groups is 1. The highest BCUT2D eigenvalue weighted by atomic mass is 32.2. The molecule has 20 heavy (non-hydrogen) atoms. The average molecular weight is 294 g/mol. The minimum Gasteiger partial charge on any atom is -0.274 e. The Morgan fingerprint density at radius 1 is 1.35 bits per heavy atom. The molecule has 1 aliphatic carbocycles. The van der Waals surface area contributed by atoms with E-state index in [0.29, 0.717) is 5.69 Å². The number of hydrogen-bond donors (Lipinski definition) is 1. The van der Waals surface area contributed by atoms with Crippen LogP contribution in [-0.2, 0) is 15.0 Å². The van der Waals surface area contributed by atoms with Gasteiger partial charge >= 0.3 is 10.2 Å². The summed E-state index contributed by atoms with van der Waals surface area (Å²) in [5, 5.41) is 0. The number of allylic oxidation sites excluding steroid dienone is 2. The van der Waals surface area contributed by atoms with Crippen molar-refractivity contribution in [2.45, 2.75) is 19.3 Å². The molecule has 1 N–H and O–H groups in total. The fourth-order valence-corrected chi connectivity index (χ4v) is 3.04. The van der Waals surface area contributed by atoms with Crippen molar-refractivity contribution < 1.29 is 13.2 Å². The highest BCUT2D eigenvalue weighted by Gasteiger charge is 2.22. The number of nitrogens with one attached hydrogen (secondary N) is 1. The van der Waals surface area contributed by atoms with Crippen molar-refractivity contribution in [1.29, 1.82) is 0 Å². The third kappa shape index (κ3) is 3.60. The zero-order valence-electron chi connectivity index (χ0n) is 11.3. The maximum atomic E-state index is 12.1. The van der Waals surface area contributed by atoms with Gasteiger partial charge in [-0.05, 0) is 30.9 Å². The van der Waals surface area contributed by atoms with Gasteiger partial charge in [0.1, 0.15) is 0 Å². The molecule has 1 aromatic carbocycles. The molecule has 1 atom stereocenters. The molecule has 2 rings (SSSR count). The van der Waals surface area contributed by atoms with Crippen LogP contribution in [0.1, 0.15) is 19.3 Å². The number of carbonyl (C=O) groups excluding carboxylic acids is 1. The SMILES string of the molecule is CN(c1ccccc1)S(=O)(=O)NC(=O)C[C@@H]1C=CCC1. The van der Waals surface area contributed by atoms with Gasteiger partial charge in [-0.15, -0.1) is 0 Å². The Labute approximate surface area is 119 Å². The largest absolute Gasteiger partial charge is 0.325 e. The number of anilines is 1. The quantitative estimate of drug-likeness (QED) is 0.843. The van der Waals surface area contributed by atoms with E-state index < -0.39 is 16.1 Å². The van der Waals surface area contributed by atoms with Crippen molar-refractivity contribution in [3.8, 4) is 0 Å². The zero-order valence-corrected chi connectivity index (χ0v) is 12.1. The molecule has 6 heteroatoms. The molecular weight excluding hydrogens is 276 g/mol. The van der Waals surface area contributed by atoms with Crippen LogP contribution in [0.5, 0.6) is 0 Å². The lowest BCUT2D eigenvalue weighted by molar-refractivity contribution is -0.119. The van der Waals surface area contributed by atoms with Crippen LogP contribution in [0.25, 0.3) is 0 Å². The molecular formula is C14H18N2O3S. The minimum atomic E-state index is -3.84. The molecule has 1 aromatic rings. The van der Waals surface area contributed by atoms with Crippen LogP contribution in [-0.4, -0.2) is 21.4 Å². The van der Waals surface area contributed by atoms with Gasteiger partial charge in [0.15, 0.2) is 0 Å². The van der Waals surface area contributed by atoms with Crippen LogP contribution < -0.4 is 9.03 Å². The summed E-state index contributed by atoms with van der Waals surface area (Å²) in [6, 6.07) is 8.63. The normalized spacial score (nSPS) is 17.9. The predicted octanol–water partition coefficient (Wildman–Crippen LogP) is 1.84. The van der Waals surface area contributed by atoms with Crippen LogP contribution in [0.2, 0.25) is 0 Å². The van der Waals surface area contributed by atoms with E-state index in [-0.39, 0.29) is 12.3 Å². The van der Waals surface area contributed by atoms with E-state index in [0.717, 1.165) is 17.1 Å². The average Bonchev–Trinajstić information content (AvgIpc) is 2.91. The summed E-state index contributed by atoms with van der Waals surface area (Å²) in [5.74, 6) is -0.323. The Morgan fingerprint density at radius 2 is 2.05 bits per heavy atom. The minimum absolute atomic E-state index is 0.146. The first kappa shape index (κ1) is 14.6. The maximum Gasteiger partial charge on any atom is 0.325 e. The van der Waals surface area contributed by atoms with Gasteiger partial charge in [-0.25, -0.2) is 4.72 Å². The Balaban J connectivity index is 1.99. The van der Waals surface area contributed by atoms with E-state index in [4.69, 9.17) is 0 Å². The number of rotatable bonds is 5. The molecule has 0 bridgehead atoms. The molecule has 0 spiro atoms. The van der Waals surface area contributed by atoms with Crippen molar-refractivity contribution in [3.63, 3.8) is 0 Å². The van der Waals surface area contributed by atoms with Crippen LogP contribution in [0, 0.1) is 5.92 Å². The molecule has 0 radical (unpaired) electrons. The first-order chi connectivity index (χ1) is 9.49. The predicted molar refractivity (Wildman–Crippen MR) is 78.4 cm³/mol. The highest BCUT2D eigenvalue weighted by molar-refractivity contribution is 7.91. The molecule has 0 fully saturated rings. The van der Waals surface area contributed by atoms with Gasteiger partial charge in [0.2, 0.25) is 5.91 Å². The molecule has 1 amide bonds. The lowest BCUT2D eigenvalue weighted by Crippen LogP contribution is -2.42. The summed E-state index contributed by atoms with van der Waals surface area (Å²) in [6.07, 6.45) is 6.05. The summed E-state index contributed by atoms with van der Waals surface area (Å²) < 4.78 is 27.4. The summed E-state index contributed by atoms with van der Waals surface area (Å²) in [7, 11) is -2.43. The van der Waals surface area contributed by atoms with Gasteiger partial charge in [0, 0.05) is 13.5 Å². The van der Waals surface area contributed by atoms with Crippen molar-refractivity contribution in [3.05, 3.63) is 42.5 Å². The molecule has 0 unspecified atom stereocenters. The highest BCUT2D eigenvalue weighted by Crippen LogP contribution is 2.20. The second-order valence-corrected chi connectivity index (χ2v) is 6.51. The van der Waals surface area contributed by atoms with Crippen molar-refractivity contribution in [1.82, 2.24) is 4.72 Å². The standard InChI is InChI=1S/C14H18N2O3S/c1-16(13-9-3-2-4-10-13)20(18,19)15-14(17)11-12-7-5-6-8-12/h2-5,7,9-10,12H,6,8,11H2,1H3,(H,15,17)/t12-/m1/s1. The molecule has 1 aliphatic rings. The zero-order chi connectivity index (χ0) is 14.6. The Morgan fingerprint density at radius 3 is 2.65 bits per heavy atom. The molecule has 0 aliphatic heterocycles. The lowest BCUT2D eigenvalue weighted by atomic mass is 10.1. The van der Waals surface area contributed by atoms with E-state index in [1.165, 1.54) is 7.05 Å². The first-order valence-corrected chi connectivity index (χ1v) is 7.94. The number of amides is 1. The van der Waals surface area contributed by atoms with Crippen molar-refractivity contribution >= 4 is 21.8 Å². The second kappa shape index (κ2) is 6.09. The van der Waals surface area contributed by atoms with E-state index in [9.17, 15) is 13.2 Å². The number of hydrogen-bond acceptors (Lipinski definition) is 3. The molecule has 108 valence electrons. The van der Waals surface area contributed by atoms with E-state index >= 15 is 0 Å². The van der Waals surface area contributed by atoms with Gasteiger partial charge in [0.05, 0.1) is 5.69 Å². The van der Waals surface area contributed by atoms with E-state index in [1.54, 1.807) is 30.3 Å². The molecule has 0 saturated heterocycles. The van der Waals surface area contributed by atoms with Crippen molar-refractivity contribution in [2.24, 2.45) is 5.92 Å². The third-order valence-corrected chi connectivity index (χ3v) is 4.70. The summed E-state index contributed by atoms with van der Waals surface area (Å²) in [4.78, 5) is 11.8. The Bertz CT molecular complexity index is 596. The Kier molecular flexibility index (Phi) is 4.44. The van der Waals surface area contributed by atoms with Gasteiger partial charge in [-0.3, -0.25) is 9.10 Å². The van der Waals surface area contributed by atoms with Crippen LogP contribution in [0.3, 0.4) is 0 Å². The molecule has 0 heterocycles. The van der Waals surface area contributed by atoms with Gasteiger partial charge in [-0.2, -0.15) is 8.42 Å². The smallest absolute Gasteiger partial charge is 0.274 e. The maximum absolute atomic E-state index is 12.1. The van der Waals surface area contributed by atoms with Crippen LogP contribution in [0.15, 0.2) is 42.5 Å². The molecule has 5 nitrogen and oxygen atoms in total. The topological polar surface area (TPSA) is 66.5 Å². The van der Waals surface area contributed by atoms with Crippen molar-refractivity contribution in [2.75, 3.05) is 11.4 Å². The monoisotopic (exact) mass is 294 g/mol. The van der Waals surface area contributed by atoms with E-state index in [2.05, 4.69) is 4.72 Å². The van der Waals surface area contributed by atoms with Crippen LogP contribution in [0.4, 0.5) is 5.69 Å². The van der Waals surface area contributed by atoms with Crippen LogP contribution >= 0.6 is 0 Å².